The van der Waals surface area contributed by atoms with Crippen LogP contribution in [0.3, 0.4) is 0 Å². The van der Waals surface area contributed by atoms with Crippen molar-refractivity contribution < 1.29 is 25.9 Å². The van der Waals surface area contributed by atoms with Crippen LogP contribution in [0.15, 0.2) is 4.79 Å². The van der Waals surface area contributed by atoms with Crippen LogP contribution in [0.25, 0.3) is 0 Å². The van der Waals surface area contributed by atoms with E-state index in [1.807, 2.05) is 0 Å². The van der Waals surface area contributed by atoms with E-state index < -0.39 is 37.4 Å². The van der Waals surface area contributed by atoms with Crippen LogP contribution < -0.4 is 16.3 Å². The molecule has 1 heterocycles. The van der Waals surface area contributed by atoms with E-state index in [1.165, 1.54) is 0 Å². The lowest BCUT2D eigenvalue weighted by molar-refractivity contribution is 0.481. The zero-order chi connectivity index (χ0) is 16.1. The predicted molar refractivity (Wildman–Crippen MR) is 72.5 cm³/mol. The molecular weight excluding hydrogens is 330 g/mol. The lowest BCUT2D eigenvalue weighted by Gasteiger charge is -2.06. The summed E-state index contributed by atoms with van der Waals surface area (Å²) in [5.41, 5.74) is -0.811. The van der Waals surface area contributed by atoms with Gasteiger partial charge in [-0.3, -0.25) is 14.1 Å². The van der Waals surface area contributed by atoms with Crippen LogP contribution in [-0.2, 0) is 20.2 Å². The fourth-order valence-electron chi connectivity index (χ4n) is 1.14. The van der Waals surface area contributed by atoms with Gasteiger partial charge in [0.1, 0.15) is 0 Å². The number of H-pyrrole nitrogens is 1. The summed E-state index contributed by atoms with van der Waals surface area (Å²) >= 11 is 0. The zero-order valence-corrected chi connectivity index (χ0v) is 12.1. The Morgan fingerprint density at radius 3 is 2.00 bits per heavy atom. The largest absolute Gasteiger partial charge is 0.354 e. The maximum Gasteiger partial charge on any atom is 0.350 e. The molecule has 1 aromatic heterocycles. The quantitative estimate of drug-likeness (QED) is 0.321. The van der Waals surface area contributed by atoms with Crippen molar-refractivity contribution in [2.75, 3.05) is 35.2 Å². The summed E-state index contributed by atoms with van der Waals surface area (Å²) in [5.74, 6) is -1.52. The van der Waals surface area contributed by atoms with Gasteiger partial charge in [-0.05, 0) is 0 Å². The van der Waals surface area contributed by atoms with E-state index in [4.69, 9.17) is 9.11 Å². The number of aromatic nitrogens is 3. The van der Waals surface area contributed by atoms with Crippen molar-refractivity contribution in [2.45, 2.75) is 0 Å². The summed E-state index contributed by atoms with van der Waals surface area (Å²) in [6.07, 6.45) is 0. The second-order valence-corrected chi connectivity index (χ2v) is 6.90. The van der Waals surface area contributed by atoms with E-state index in [9.17, 15) is 21.6 Å². The number of nitrogens with one attached hydrogen (secondary N) is 3. The van der Waals surface area contributed by atoms with Gasteiger partial charge in [-0.25, -0.2) is 4.79 Å². The first-order chi connectivity index (χ1) is 9.55. The maximum atomic E-state index is 11.2. The molecule has 0 aromatic carbocycles. The summed E-state index contributed by atoms with van der Waals surface area (Å²) in [7, 11) is -8.31. The second-order valence-electron chi connectivity index (χ2n) is 3.75. The number of anilines is 2. The molecule has 0 bridgehead atoms. The van der Waals surface area contributed by atoms with Crippen LogP contribution in [0.5, 0.6) is 0 Å². The molecule has 0 aliphatic rings. The van der Waals surface area contributed by atoms with Gasteiger partial charge in [-0.1, -0.05) is 0 Å². The van der Waals surface area contributed by atoms with Crippen LogP contribution >= 0.6 is 0 Å². The summed E-state index contributed by atoms with van der Waals surface area (Å²) in [6, 6.07) is 0. The zero-order valence-electron chi connectivity index (χ0n) is 10.5. The van der Waals surface area contributed by atoms with Gasteiger partial charge < -0.3 is 10.6 Å². The van der Waals surface area contributed by atoms with E-state index in [1.54, 1.807) is 0 Å². The fourth-order valence-corrected chi connectivity index (χ4v) is 1.86. The van der Waals surface area contributed by atoms with Gasteiger partial charge in [-0.2, -0.15) is 26.8 Å². The average Bonchev–Trinajstić information content (AvgIpc) is 2.24. The first kappa shape index (κ1) is 17.3. The molecule has 0 saturated carbocycles. The molecule has 0 amide bonds. The van der Waals surface area contributed by atoms with Gasteiger partial charge >= 0.3 is 5.69 Å². The molecule has 0 saturated heterocycles. The van der Waals surface area contributed by atoms with Crippen molar-refractivity contribution in [1.29, 1.82) is 0 Å². The molecule has 0 spiro atoms. The van der Waals surface area contributed by atoms with Gasteiger partial charge in [0.2, 0.25) is 11.9 Å². The molecule has 0 fully saturated rings. The molecule has 1 aromatic rings. The molecule has 12 nitrogen and oxygen atoms in total. The molecule has 14 heteroatoms. The Bertz CT molecular complexity index is 682. The monoisotopic (exact) mass is 343 g/mol. The Labute approximate surface area is 119 Å². The Hall–Kier alpha value is -1.77. The van der Waals surface area contributed by atoms with Gasteiger partial charge in [0.15, 0.2) is 0 Å². The van der Waals surface area contributed by atoms with Crippen molar-refractivity contribution in [2.24, 2.45) is 0 Å². The van der Waals surface area contributed by atoms with Gasteiger partial charge in [-0.15, -0.1) is 0 Å². The van der Waals surface area contributed by atoms with Crippen molar-refractivity contribution in [3.8, 4) is 0 Å². The minimum absolute atomic E-state index is 0.118. The van der Waals surface area contributed by atoms with Gasteiger partial charge in [0.25, 0.3) is 20.2 Å². The number of nitrogens with zero attached hydrogens (tertiary/aromatic N) is 2. The first-order valence-corrected chi connectivity index (χ1v) is 8.63. The molecule has 0 unspecified atom stereocenters. The second kappa shape index (κ2) is 6.79. The standard InChI is InChI=1S/C7H13N5O7S2/c13-7-11-5(8-1-3-20(14,15)16)10-6(12-7)9-2-4-21(17,18)19/h1-4H2,(H,14,15,16)(H,17,18,19)(H3,8,9,10,11,12,13). The molecule has 1 rings (SSSR count). The lowest BCUT2D eigenvalue weighted by Crippen LogP contribution is -2.23. The van der Waals surface area contributed by atoms with E-state index in [-0.39, 0.29) is 25.0 Å². The van der Waals surface area contributed by atoms with Gasteiger partial charge in [0, 0.05) is 13.1 Å². The van der Waals surface area contributed by atoms with Gasteiger partial charge in [0.05, 0.1) is 11.5 Å². The molecule has 0 aliphatic heterocycles. The molecule has 0 radical (unpaired) electrons. The highest BCUT2D eigenvalue weighted by molar-refractivity contribution is 7.86. The maximum absolute atomic E-state index is 11.2. The summed E-state index contributed by atoms with van der Waals surface area (Å²) < 4.78 is 59.1. The average molecular weight is 343 g/mol. The molecular formula is C7H13N5O7S2. The topological polar surface area (TPSA) is 191 Å². The third-order valence-electron chi connectivity index (χ3n) is 1.95. The molecule has 5 N–H and O–H groups in total. The normalized spacial score (nSPS) is 12.1. The van der Waals surface area contributed by atoms with E-state index in [2.05, 4.69) is 25.6 Å². The van der Waals surface area contributed by atoms with Crippen molar-refractivity contribution >= 4 is 32.1 Å². The van der Waals surface area contributed by atoms with E-state index in [0.717, 1.165) is 0 Å². The minimum atomic E-state index is -4.16. The lowest BCUT2D eigenvalue weighted by atomic mass is 10.7. The number of rotatable bonds is 8. The summed E-state index contributed by atoms with van der Waals surface area (Å²) in [6.45, 7) is -0.441. The highest BCUT2D eigenvalue weighted by Gasteiger charge is 2.08. The smallest absolute Gasteiger partial charge is 0.350 e. The fraction of sp³-hybridized carbons (Fsp3) is 0.571. The molecule has 0 aliphatic carbocycles. The van der Waals surface area contributed by atoms with E-state index >= 15 is 0 Å². The molecule has 21 heavy (non-hydrogen) atoms. The van der Waals surface area contributed by atoms with Crippen LogP contribution in [-0.4, -0.2) is 65.5 Å². The molecule has 120 valence electrons. The summed E-state index contributed by atoms with van der Waals surface area (Å²) in [5, 5.41) is 4.84. The van der Waals surface area contributed by atoms with Crippen LogP contribution in [0.4, 0.5) is 11.9 Å². The Morgan fingerprint density at radius 1 is 0.952 bits per heavy atom. The van der Waals surface area contributed by atoms with E-state index in [0.29, 0.717) is 0 Å². The number of aromatic amines is 1. The third kappa shape index (κ3) is 8.18. The number of hydrogen-bond acceptors (Lipinski definition) is 9. The van der Waals surface area contributed by atoms with Crippen molar-refractivity contribution in [3.63, 3.8) is 0 Å². The Morgan fingerprint density at radius 2 is 1.48 bits per heavy atom. The van der Waals surface area contributed by atoms with Crippen molar-refractivity contribution in [3.05, 3.63) is 10.5 Å². The highest BCUT2D eigenvalue weighted by Crippen LogP contribution is 1.99. The summed E-state index contributed by atoms with van der Waals surface area (Å²) in [4.78, 5) is 20.5. The Kier molecular flexibility index (Phi) is 5.59. The van der Waals surface area contributed by atoms with Crippen LogP contribution in [0, 0.1) is 0 Å². The predicted octanol–water partition coefficient (Wildman–Crippen LogP) is -2.24. The highest BCUT2D eigenvalue weighted by atomic mass is 32.2. The SMILES string of the molecule is O=c1nc(NCCS(=O)(=O)O)nc(NCCS(=O)(=O)O)[nH]1. The third-order valence-corrected chi connectivity index (χ3v) is 3.39. The van der Waals surface area contributed by atoms with Crippen LogP contribution in [0.2, 0.25) is 0 Å². The minimum Gasteiger partial charge on any atom is -0.354 e. The van der Waals surface area contributed by atoms with Crippen LogP contribution in [0.1, 0.15) is 0 Å². The van der Waals surface area contributed by atoms with Crippen molar-refractivity contribution in [1.82, 2.24) is 15.0 Å². The Balaban J connectivity index is 2.65. The number of hydrogen-bond donors (Lipinski definition) is 5. The first-order valence-electron chi connectivity index (χ1n) is 5.41. The molecule has 0 atom stereocenters.